The summed E-state index contributed by atoms with van der Waals surface area (Å²) in [7, 11) is -2.21. The van der Waals surface area contributed by atoms with Crippen molar-refractivity contribution >= 4 is 16.5 Å². The van der Waals surface area contributed by atoms with Crippen molar-refractivity contribution in [3.05, 3.63) is 18.2 Å². The number of ether oxygens (including phenoxy) is 1. The van der Waals surface area contributed by atoms with Crippen molar-refractivity contribution in [2.45, 2.75) is 38.1 Å². The minimum Gasteiger partial charge on any atom is -0.468 e. The molecule has 1 N–H and O–H groups in total. The maximum absolute atomic E-state index is 13.2. The molecule has 0 aliphatic heterocycles. The fourth-order valence-corrected chi connectivity index (χ4v) is 2.78. The van der Waals surface area contributed by atoms with Crippen LogP contribution in [-0.2, 0) is 26.6 Å². The number of halogens is 1. The van der Waals surface area contributed by atoms with Crippen LogP contribution in [0.1, 0.15) is 27.7 Å². The molecule has 0 radical (unpaired) electrons. The summed E-state index contributed by atoms with van der Waals surface area (Å²) in [4.78, 5) is 8.86. The fraction of sp³-hybridized carbons (Fsp3) is 0.583. The van der Waals surface area contributed by atoms with E-state index < -0.39 is 21.4 Å². The highest BCUT2D eigenvalue weighted by Crippen LogP contribution is 2.16. The van der Waals surface area contributed by atoms with Gasteiger partial charge in [0.2, 0.25) is 10.0 Å². The summed E-state index contributed by atoms with van der Waals surface area (Å²) < 4.78 is 44.6. The van der Waals surface area contributed by atoms with E-state index in [4.69, 9.17) is 0 Å². The molecular formula is C12H21FN2O4S. The van der Waals surface area contributed by atoms with Crippen molar-refractivity contribution in [2.24, 2.45) is 7.05 Å². The normalized spacial score (nSPS) is 11.5. The fourth-order valence-electron chi connectivity index (χ4n) is 1.25. The number of aromatic nitrogens is 1. The van der Waals surface area contributed by atoms with Gasteiger partial charge in [-0.05, 0) is 27.7 Å². The number of nitrogens with zero attached hydrogens (tertiary/aromatic N) is 1. The highest BCUT2D eigenvalue weighted by molar-refractivity contribution is 7.89. The molecule has 1 aromatic rings. The van der Waals surface area contributed by atoms with E-state index in [0.717, 1.165) is 6.20 Å². The second kappa shape index (κ2) is 7.39. The molecule has 0 atom stereocenters. The van der Waals surface area contributed by atoms with Crippen molar-refractivity contribution in [1.82, 2.24) is 9.29 Å². The van der Waals surface area contributed by atoms with Crippen molar-refractivity contribution < 1.29 is 22.3 Å². The minimum atomic E-state index is -3.77. The molecule has 0 amide bonds. The number of carbonyl (C=O) groups excluding carboxylic acids is 1. The van der Waals surface area contributed by atoms with Crippen LogP contribution in [0.15, 0.2) is 17.3 Å². The molecule has 0 spiro atoms. The van der Waals surface area contributed by atoms with E-state index in [1.807, 2.05) is 0 Å². The lowest BCUT2D eigenvalue weighted by Gasteiger charge is -2.19. The first-order valence-electron chi connectivity index (χ1n) is 5.94. The van der Waals surface area contributed by atoms with Crippen molar-refractivity contribution in [3.8, 4) is 0 Å². The third kappa shape index (κ3) is 6.67. The number of hydrogen-bond donors (Lipinski definition) is 1. The summed E-state index contributed by atoms with van der Waals surface area (Å²) in [6.45, 7) is 7.76. The van der Waals surface area contributed by atoms with Gasteiger partial charge in [0.1, 0.15) is 4.90 Å². The average Bonchev–Trinajstić information content (AvgIpc) is 2.57. The number of rotatable bonds is 4. The van der Waals surface area contributed by atoms with Crippen LogP contribution in [0.25, 0.3) is 0 Å². The van der Waals surface area contributed by atoms with Crippen LogP contribution in [0, 0.1) is 5.82 Å². The first-order chi connectivity index (χ1) is 9.03. The van der Waals surface area contributed by atoms with Crippen molar-refractivity contribution in [3.63, 3.8) is 0 Å². The zero-order valence-electron chi connectivity index (χ0n) is 12.3. The largest absolute Gasteiger partial charge is 0.468 e. The molecule has 8 heteroatoms. The van der Waals surface area contributed by atoms with Crippen LogP contribution < -0.4 is 4.72 Å². The van der Waals surface area contributed by atoms with Crippen LogP contribution in [0.4, 0.5) is 4.39 Å². The van der Waals surface area contributed by atoms with Gasteiger partial charge in [0.15, 0.2) is 5.82 Å². The quantitative estimate of drug-likeness (QED) is 0.853. The van der Waals surface area contributed by atoms with E-state index in [1.165, 1.54) is 10.8 Å². The van der Waals surface area contributed by atoms with Gasteiger partial charge in [0.05, 0.1) is 6.61 Å². The van der Waals surface area contributed by atoms with E-state index in [1.54, 1.807) is 34.7 Å². The SMILES string of the molecule is CCOC=O.Cn1cc(F)c(S(=O)(=O)NC(C)(C)C)c1. The van der Waals surface area contributed by atoms with Crippen LogP contribution in [-0.4, -0.2) is 31.6 Å². The van der Waals surface area contributed by atoms with Gasteiger partial charge in [0.25, 0.3) is 6.47 Å². The van der Waals surface area contributed by atoms with Gasteiger partial charge in [0, 0.05) is 25.0 Å². The number of aryl methyl sites for hydroxylation is 1. The Bertz CT molecular complexity index is 532. The third-order valence-electron chi connectivity index (χ3n) is 1.84. The Morgan fingerprint density at radius 1 is 1.40 bits per heavy atom. The lowest BCUT2D eigenvalue weighted by Crippen LogP contribution is -2.40. The summed E-state index contributed by atoms with van der Waals surface area (Å²) in [6.07, 6.45) is 2.36. The molecule has 1 heterocycles. The number of sulfonamides is 1. The van der Waals surface area contributed by atoms with Gasteiger partial charge >= 0.3 is 0 Å². The Balaban J connectivity index is 0.000000621. The van der Waals surface area contributed by atoms with E-state index in [9.17, 15) is 17.6 Å². The maximum Gasteiger partial charge on any atom is 0.293 e. The van der Waals surface area contributed by atoms with Crippen LogP contribution in [0.2, 0.25) is 0 Å². The topological polar surface area (TPSA) is 77.4 Å². The number of hydrogen-bond acceptors (Lipinski definition) is 4. The summed E-state index contributed by atoms with van der Waals surface area (Å²) in [5.74, 6) is -0.741. The van der Waals surface area contributed by atoms with Gasteiger partial charge < -0.3 is 9.30 Å². The predicted molar refractivity (Wildman–Crippen MR) is 73.1 cm³/mol. The molecule has 0 fully saturated rings. The molecule has 0 saturated heterocycles. The van der Waals surface area contributed by atoms with E-state index in [0.29, 0.717) is 13.1 Å². The molecular weight excluding hydrogens is 287 g/mol. The van der Waals surface area contributed by atoms with Gasteiger partial charge in [-0.3, -0.25) is 4.79 Å². The molecule has 0 unspecified atom stereocenters. The van der Waals surface area contributed by atoms with Gasteiger partial charge in [-0.25, -0.2) is 17.5 Å². The zero-order valence-corrected chi connectivity index (χ0v) is 13.1. The summed E-state index contributed by atoms with van der Waals surface area (Å²) in [5, 5.41) is 0. The van der Waals surface area contributed by atoms with Gasteiger partial charge in [-0.15, -0.1) is 0 Å². The molecule has 116 valence electrons. The Kier molecular flexibility index (Phi) is 6.87. The standard InChI is InChI=1S/C9H15FN2O2S.C3H6O2/c1-9(2,3)11-15(13,14)8-6-12(4)5-7(8)10;1-2-5-3-4/h5-6,11H,1-4H3;3H,2H2,1H3. The lowest BCUT2D eigenvalue weighted by atomic mass is 10.1. The second-order valence-electron chi connectivity index (χ2n) is 5.04. The lowest BCUT2D eigenvalue weighted by molar-refractivity contribution is -0.128. The molecule has 1 rings (SSSR count). The zero-order chi connectivity index (χ0) is 16.0. The second-order valence-corrected chi connectivity index (χ2v) is 6.69. The maximum atomic E-state index is 13.2. The average molecular weight is 308 g/mol. The van der Waals surface area contributed by atoms with E-state index in [-0.39, 0.29) is 4.90 Å². The molecule has 6 nitrogen and oxygen atoms in total. The molecule has 0 aromatic carbocycles. The van der Waals surface area contributed by atoms with Gasteiger partial charge in [-0.1, -0.05) is 0 Å². The summed E-state index contributed by atoms with van der Waals surface area (Å²) >= 11 is 0. The first kappa shape index (κ1) is 18.6. The monoisotopic (exact) mass is 308 g/mol. The first-order valence-corrected chi connectivity index (χ1v) is 7.42. The Morgan fingerprint density at radius 3 is 2.20 bits per heavy atom. The molecule has 20 heavy (non-hydrogen) atoms. The third-order valence-corrected chi connectivity index (χ3v) is 3.60. The predicted octanol–water partition coefficient (Wildman–Crippen LogP) is 1.42. The van der Waals surface area contributed by atoms with Crippen LogP contribution in [0.5, 0.6) is 0 Å². The molecule has 0 aliphatic carbocycles. The summed E-state index contributed by atoms with van der Waals surface area (Å²) in [5.41, 5.74) is -0.624. The summed E-state index contributed by atoms with van der Waals surface area (Å²) in [6, 6.07) is 0. The molecule has 0 bridgehead atoms. The highest BCUT2D eigenvalue weighted by atomic mass is 32.2. The van der Waals surface area contributed by atoms with Crippen molar-refractivity contribution in [1.29, 1.82) is 0 Å². The van der Waals surface area contributed by atoms with Crippen LogP contribution >= 0.6 is 0 Å². The number of carbonyl (C=O) groups is 1. The Labute approximate surface area is 119 Å². The molecule has 1 aromatic heterocycles. The smallest absolute Gasteiger partial charge is 0.293 e. The molecule has 0 aliphatic rings. The van der Waals surface area contributed by atoms with Crippen LogP contribution in [0.3, 0.4) is 0 Å². The van der Waals surface area contributed by atoms with E-state index >= 15 is 0 Å². The highest BCUT2D eigenvalue weighted by Gasteiger charge is 2.25. The Hall–Kier alpha value is -1.41. The van der Waals surface area contributed by atoms with E-state index in [2.05, 4.69) is 9.46 Å². The Morgan fingerprint density at radius 2 is 1.95 bits per heavy atom. The number of nitrogens with one attached hydrogen (secondary N) is 1. The molecule has 0 saturated carbocycles. The minimum absolute atomic E-state index is 0.320. The van der Waals surface area contributed by atoms with Crippen molar-refractivity contribution in [2.75, 3.05) is 6.61 Å². The van der Waals surface area contributed by atoms with Gasteiger partial charge in [-0.2, -0.15) is 0 Å².